The van der Waals surface area contributed by atoms with Crippen LogP contribution in [0.3, 0.4) is 0 Å². The molecule has 4 nitrogen and oxygen atoms in total. The molecule has 0 amide bonds. The third-order valence-electron chi connectivity index (χ3n) is 1.35. The Hall–Kier alpha value is -0.740. The summed E-state index contributed by atoms with van der Waals surface area (Å²) in [4.78, 5) is 20.8. The van der Waals surface area contributed by atoms with Gasteiger partial charge in [0, 0.05) is 19.3 Å². The highest BCUT2D eigenvalue weighted by atomic mass is 16.3. The van der Waals surface area contributed by atoms with Crippen LogP contribution >= 0.6 is 0 Å². The van der Waals surface area contributed by atoms with Crippen LogP contribution in [0.5, 0.6) is 0 Å². The van der Waals surface area contributed by atoms with Crippen LogP contribution in [-0.4, -0.2) is 34.5 Å². The monoisotopic (exact) mass is 174 g/mol. The molecule has 70 valence electrons. The molecule has 0 aromatic rings. The minimum Gasteiger partial charge on any atom is -0.393 e. The molecule has 0 aliphatic carbocycles. The van der Waals surface area contributed by atoms with E-state index in [2.05, 4.69) is 0 Å². The number of hydrogen-bond acceptors (Lipinski definition) is 4. The van der Waals surface area contributed by atoms with E-state index in [9.17, 15) is 9.59 Å². The Kier molecular flexibility index (Phi) is 5.49. The minimum atomic E-state index is -0.895. The Morgan fingerprint density at radius 1 is 1.42 bits per heavy atom. The lowest BCUT2D eigenvalue weighted by molar-refractivity contribution is -0.122. The first kappa shape index (κ1) is 11.3. The lowest BCUT2D eigenvalue weighted by Crippen LogP contribution is -2.17. The summed E-state index contributed by atoms with van der Waals surface area (Å²) in [6.07, 6.45) is -1.04. The number of aldehydes is 1. The summed E-state index contributed by atoms with van der Waals surface area (Å²) in [5.41, 5.74) is 0. The zero-order chi connectivity index (χ0) is 9.56. The Morgan fingerprint density at radius 3 is 2.42 bits per heavy atom. The molecule has 0 aromatic heterocycles. The summed E-state index contributed by atoms with van der Waals surface area (Å²) in [5, 5.41) is 17.8. The molecule has 0 aromatic carbocycles. The molecule has 0 radical (unpaired) electrons. The lowest BCUT2D eigenvalue weighted by atomic mass is 10.1. The molecule has 2 unspecified atom stereocenters. The van der Waals surface area contributed by atoms with Crippen molar-refractivity contribution in [3.05, 3.63) is 0 Å². The number of rotatable bonds is 6. The van der Waals surface area contributed by atoms with Crippen LogP contribution < -0.4 is 0 Å². The average Bonchev–Trinajstić information content (AvgIpc) is 1.84. The van der Waals surface area contributed by atoms with Crippen LogP contribution in [0.1, 0.15) is 26.2 Å². The predicted molar refractivity (Wildman–Crippen MR) is 42.6 cm³/mol. The van der Waals surface area contributed by atoms with Gasteiger partial charge in [-0.1, -0.05) is 0 Å². The van der Waals surface area contributed by atoms with Crippen molar-refractivity contribution in [3.63, 3.8) is 0 Å². The first-order valence-corrected chi connectivity index (χ1v) is 3.87. The molecule has 0 rings (SSSR count). The van der Waals surface area contributed by atoms with E-state index in [-0.39, 0.29) is 25.0 Å². The highest BCUT2D eigenvalue weighted by Crippen LogP contribution is 2.01. The maximum Gasteiger partial charge on any atom is 0.138 e. The van der Waals surface area contributed by atoms with Gasteiger partial charge in [-0.2, -0.15) is 0 Å². The summed E-state index contributed by atoms with van der Waals surface area (Å²) >= 11 is 0. The Balaban J connectivity index is 3.61. The highest BCUT2D eigenvalue weighted by molar-refractivity contribution is 5.79. The fourth-order valence-corrected chi connectivity index (χ4v) is 0.870. The van der Waals surface area contributed by atoms with Crippen LogP contribution in [-0.2, 0) is 9.59 Å². The van der Waals surface area contributed by atoms with Crippen LogP contribution in [0.25, 0.3) is 0 Å². The van der Waals surface area contributed by atoms with Gasteiger partial charge in [-0.25, -0.2) is 0 Å². The second kappa shape index (κ2) is 5.85. The smallest absolute Gasteiger partial charge is 0.138 e. The maximum atomic E-state index is 10.9. The molecule has 0 saturated heterocycles. The van der Waals surface area contributed by atoms with Crippen molar-refractivity contribution in [1.29, 1.82) is 0 Å². The van der Waals surface area contributed by atoms with Crippen LogP contribution in [0, 0.1) is 0 Å². The van der Waals surface area contributed by atoms with Gasteiger partial charge in [-0.3, -0.25) is 4.79 Å². The molecule has 4 heteroatoms. The van der Waals surface area contributed by atoms with Gasteiger partial charge < -0.3 is 15.0 Å². The lowest BCUT2D eigenvalue weighted by Gasteiger charge is -2.06. The third-order valence-corrected chi connectivity index (χ3v) is 1.35. The number of aliphatic hydroxyl groups is 2. The molecule has 2 atom stereocenters. The molecule has 2 N–H and O–H groups in total. The Labute approximate surface area is 71.2 Å². The molecule has 0 saturated carbocycles. The molecule has 0 aliphatic heterocycles. The van der Waals surface area contributed by atoms with Crippen molar-refractivity contribution in [3.8, 4) is 0 Å². The quantitative estimate of drug-likeness (QED) is 0.540. The van der Waals surface area contributed by atoms with Gasteiger partial charge in [-0.05, 0) is 6.92 Å². The van der Waals surface area contributed by atoms with Gasteiger partial charge in [0.1, 0.15) is 12.1 Å². The minimum absolute atomic E-state index is 0.0223. The zero-order valence-electron chi connectivity index (χ0n) is 7.06. The summed E-state index contributed by atoms with van der Waals surface area (Å²) in [6.45, 7) is 1.50. The zero-order valence-corrected chi connectivity index (χ0v) is 7.06. The first-order chi connectivity index (χ1) is 5.56. The number of carbonyl (C=O) groups excluding carboxylic acids is 2. The van der Waals surface area contributed by atoms with Crippen LogP contribution in [0.4, 0.5) is 0 Å². The molecule has 0 heterocycles. The molecule has 0 spiro atoms. The van der Waals surface area contributed by atoms with E-state index in [1.54, 1.807) is 0 Å². The molecule has 12 heavy (non-hydrogen) atoms. The molecular formula is C8H14O4. The van der Waals surface area contributed by atoms with E-state index >= 15 is 0 Å². The highest BCUT2D eigenvalue weighted by Gasteiger charge is 2.11. The second-order valence-corrected chi connectivity index (χ2v) is 2.85. The van der Waals surface area contributed by atoms with Crippen molar-refractivity contribution in [2.75, 3.05) is 0 Å². The van der Waals surface area contributed by atoms with Crippen molar-refractivity contribution in [1.82, 2.24) is 0 Å². The molecular weight excluding hydrogens is 160 g/mol. The average molecular weight is 174 g/mol. The summed E-state index contributed by atoms with van der Waals surface area (Å²) in [7, 11) is 0. The number of aliphatic hydroxyl groups excluding tert-OH is 2. The van der Waals surface area contributed by atoms with Crippen molar-refractivity contribution in [2.24, 2.45) is 0 Å². The topological polar surface area (TPSA) is 74.6 Å². The van der Waals surface area contributed by atoms with Crippen molar-refractivity contribution >= 4 is 12.1 Å². The van der Waals surface area contributed by atoms with E-state index in [0.29, 0.717) is 6.29 Å². The second-order valence-electron chi connectivity index (χ2n) is 2.85. The fourth-order valence-electron chi connectivity index (χ4n) is 0.870. The van der Waals surface area contributed by atoms with E-state index in [0.717, 1.165) is 0 Å². The largest absolute Gasteiger partial charge is 0.393 e. The van der Waals surface area contributed by atoms with Gasteiger partial charge in [0.25, 0.3) is 0 Å². The SMILES string of the molecule is CC(O)CC(=O)CC(O)CC=O. The Morgan fingerprint density at radius 2 is 2.00 bits per heavy atom. The maximum absolute atomic E-state index is 10.9. The van der Waals surface area contributed by atoms with Gasteiger partial charge in [-0.15, -0.1) is 0 Å². The van der Waals surface area contributed by atoms with E-state index < -0.39 is 12.2 Å². The van der Waals surface area contributed by atoms with Gasteiger partial charge >= 0.3 is 0 Å². The molecule has 0 aliphatic rings. The predicted octanol–water partition coefficient (Wildman–Crippen LogP) is -0.334. The molecule has 0 bridgehead atoms. The van der Waals surface area contributed by atoms with Gasteiger partial charge in [0.2, 0.25) is 0 Å². The number of Topliss-reactive ketones (excluding diaryl/α,β-unsaturated/α-hetero) is 1. The third kappa shape index (κ3) is 6.00. The number of ketones is 1. The summed E-state index contributed by atoms with van der Waals surface area (Å²) in [6, 6.07) is 0. The fraction of sp³-hybridized carbons (Fsp3) is 0.750. The van der Waals surface area contributed by atoms with Gasteiger partial charge in [0.05, 0.1) is 12.2 Å². The van der Waals surface area contributed by atoms with E-state index in [4.69, 9.17) is 10.2 Å². The van der Waals surface area contributed by atoms with E-state index in [1.807, 2.05) is 0 Å². The van der Waals surface area contributed by atoms with Crippen LogP contribution in [0.2, 0.25) is 0 Å². The first-order valence-electron chi connectivity index (χ1n) is 3.87. The van der Waals surface area contributed by atoms with Crippen LogP contribution in [0.15, 0.2) is 0 Å². The Bertz CT molecular complexity index is 153. The number of carbonyl (C=O) groups is 2. The van der Waals surface area contributed by atoms with E-state index in [1.165, 1.54) is 6.92 Å². The standard InChI is InChI=1S/C8H14O4/c1-6(10)4-8(12)5-7(11)2-3-9/h3,6-7,10-11H,2,4-5H2,1H3. The number of hydrogen-bond donors (Lipinski definition) is 2. The summed E-state index contributed by atoms with van der Waals surface area (Å²) in [5.74, 6) is -0.223. The van der Waals surface area contributed by atoms with Crippen molar-refractivity contribution < 1.29 is 19.8 Å². The van der Waals surface area contributed by atoms with Crippen molar-refractivity contribution in [2.45, 2.75) is 38.4 Å². The normalized spacial score (nSPS) is 15.2. The van der Waals surface area contributed by atoms with Gasteiger partial charge in [0.15, 0.2) is 0 Å². The molecule has 0 fully saturated rings. The summed E-state index contributed by atoms with van der Waals surface area (Å²) < 4.78 is 0.